The van der Waals surface area contributed by atoms with E-state index in [4.69, 9.17) is 17.4 Å². The van der Waals surface area contributed by atoms with Crippen LogP contribution in [0, 0.1) is 0 Å². The van der Waals surface area contributed by atoms with Gasteiger partial charge in [-0.25, -0.2) is 10.8 Å². The molecule has 1 amide bonds. The molecule has 0 aliphatic heterocycles. The third-order valence-corrected chi connectivity index (χ3v) is 3.38. The molecule has 0 aliphatic carbocycles. The number of hydrazine groups is 1. The van der Waals surface area contributed by atoms with Crippen LogP contribution >= 0.6 is 11.6 Å². The first-order valence-corrected chi connectivity index (χ1v) is 7.40. The van der Waals surface area contributed by atoms with Crippen LogP contribution in [0.3, 0.4) is 0 Å². The molecule has 0 saturated carbocycles. The molecule has 1 heterocycles. The van der Waals surface area contributed by atoms with Gasteiger partial charge in [0.05, 0.1) is 5.02 Å². The van der Waals surface area contributed by atoms with Gasteiger partial charge in [-0.1, -0.05) is 44.2 Å². The number of pyridine rings is 1. The Bertz CT molecular complexity index is 439. The van der Waals surface area contributed by atoms with Gasteiger partial charge in [0, 0.05) is 6.04 Å². The van der Waals surface area contributed by atoms with Gasteiger partial charge in [0.2, 0.25) is 0 Å². The monoisotopic (exact) mass is 298 g/mol. The molecule has 1 atom stereocenters. The largest absolute Gasteiger partial charge is 0.348 e. The van der Waals surface area contributed by atoms with E-state index in [-0.39, 0.29) is 17.6 Å². The number of carbonyl (C=O) groups excluding carboxylic acids is 1. The van der Waals surface area contributed by atoms with E-state index in [2.05, 4.69) is 22.7 Å². The highest BCUT2D eigenvalue weighted by molar-refractivity contribution is 6.33. The van der Waals surface area contributed by atoms with E-state index < -0.39 is 0 Å². The summed E-state index contributed by atoms with van der Waals surface area (Å²) in [5.74, 6) is 5.42. The molecule has 0 spiro atoms. The molecule has 4 N–H and O–H groups in total. The van der Waals surface area contributed by atoms with Crippen molar-refractivity contribution in [2.45, 2.75) is 52.0 Å². The van der Waals surface area contributed by atoms with Gasteiger partial charge in [0.25, 0.3) is 5.91 Å². The molecule has 0 radical (unpaired) electrons. The Morgan fingerprint density at radius 3 is 2.80 bits per heavy atom. The van der Waals surface area contributed by atoms with Gasteiger partial charge in [-0.05, 0) is 25.5 Å². The third-order valence-electron chi connectivity index (χ3n) is 3.08. The molecule has 5 nitrogen and oxygen atoms in total. The Balaban J connectivity index is 2.53. The fourth-order valence-corrected chi connectivity index (χ4v) is 2.11. The van der Waals surface area contributed by atoms with Crippen molar-refractivity contribution in [3.05, 3.63) is 22.8 Å². The zero-order chi connectivity index (χ0) is 15.0. The molecule has 0 aliphatic rings. The predicted octanol–water partition coefficient (Wildman–Crippen LogP) is 3.11. The lowest BCUT2D eigenvalue weighted by atomic mass is 10.1. The van der Waals surface area contributed by atoms with Crippen LogP contribution in [0.15, 0.2) is 12.1 Å². The molecule has 0 aromatic carbocycles. The lowest BCUT2D eigenvalue weighted by Gasteiger charge is -2.14. The molecule has 20 heavy (non-hydrogen) atoms. The van der Waals surface area contributed by atoms with Crippen molar-refractivity contribution < 1.29 is 4.79 Å². The fraction of sp³-hybridized carbons (Fsp3) is 0.571. The SMILES string of the molecule is CCCCCCC(C)NC(=O)c1nc(NN)ccc1Cl. The van der Waals surface area contributed by atoms with E-state index in [1.807, 2.05) is 6.92 Å². The zero-order valence-electron chi connectivity index (χ0n) is 12.1. The molecule has 1 unspecified atom stereocenters. The third kappa shape index (κ3) is 5.35. The van der Waals surface area contributed by atoms with Crippen molar-refractivity contribution in [1.29, 1.82) is 0 Å². The Hall–Kier alpha value is -1.33. The number of carbonyl (C=O) groups is 1. The maximum atomic E-state index is 12.1. The van der Waals surface area contributed by atoms with E-state index in [0.717, 1.165) is 12.8 Å². The number of hydrogen-bond donors (Lipinski definition) is 3. The Labute approximate surface area is 125 Å². The average Bonchev–Trinajstić information content (AvgIpc) is 2.44. The quantitative estimate of drug-likeness (QED) is 0.391. The standard InChI is InChI=1S/C14H23ClN4O/c1-3-4-5-6-7-10(2)17-14(20)13-11(15)8-9-12(18-13)19-16/h8-10H,3-7,16H2,1-2H3,(H,17,20)(H,18,19). The number of halogens is 1. The average molecular weight is 299 g/mol. The van der Waals surface area contributed by atoms with Gasteiger partial charge >= 0.3 is 0 Å². The van der Waals surface area contributed by atoms with Gasteiger partial charge in [-0.2, -0.15) is 0 Å². The van der Waals surface area contributed by atoms with E-state index in [0.29, 0.717) is 10.8 Å². The number of nitrogens with one attached hydrogen (secondary N) is 2. The second-order valence-corrected chi connectivity index (χ2v) is 5.30. The number of unbranched alkanes of at least 4 members (excludes halogenated alkanes) is 3. The number of hydrogen-bond acceptors (Lipinski definition) is 4. The number of aromatic nitrogens is 1. The summed E-state index contributed by atoms with van der Waals surface area (Å²) in [7, 11) is 0. The molecular formula is C14H23ClN4O. The van der Waals surface area contributed by atoms with E-state index in [1.165, 1.54) is 19.3 Å². The number of nitrogens with zero attached hydrogens (tertiary/aromatic N) is 1. The van der Waals surface area contributed by atoms with Gasteiger partial charge < -0.3 is 10.7 Å². The van der Waals surface area contributed by atoms with Crippen molar-refractivity contribution in [1.82, 2.24) is 10.3 Å². The topological polar surface area (TPSA) is 80.0 Å². The summed E-state index contributed by atoms with van der Waals surface area (Å²) in [4.78, 5) is 16.2. The van der Waals surface area contributed by atoms with Crippen LogP contribution in [0.25, 0.3) is 0 Å². The molecule has 0 fully saturated rings. The molecule has 1 rings (SSSR count). The Morgan fingerprint density at radius 2 is 2.15 bits per heavy atom. The number of rotatable bonds is 8. The first kappa shape index (κ1) is 16.7. The first-order chi connectivity index (χ1) is 9.58. The highest BCUT2D eigenvalue weighted by Gasteiger charge is 2.15. The number of amides is 1. The summed E-state index contributed by atoms with van der Waals surface area (Å²) in [6, 6.07) is 3.32. The van der Waals surface area contributed by atoms with E-state index in [1.54, 1.807) is 12.1 Å². The lowest BCUT2D eigenvalue weighted by molar-refractivity contribution is 0.0933. The zero-order valence-corrected chi connectivity index (χ0v) is 12.8. The van der Waals surface area contributed by atoms with Crippen molar-refractivity contribution in [3.63, 3.8) is 0 Å². The van der Waals surface area contributed by atoms with Gasteiger partial charge in [-0.3, -0.25) is 4.79 Å². The first-order valence-electron chi connectivity index (χ1n) is 7.02. The van der Waals surface area contributed by atoms with E-state index >= 15 is 0 Å². The van der Waals surface area contributed by atoms with Crippen molar-refractivity contribution >= 4 is 23.3 Å². The normalized spacial score (nSPS) is 12.0. The van der Waals surface area contributed by atoms with Crippen molar-refractivity contribution in [2.75, 3.05) is 5.43 Å². The smallest absolute Gasteiger partial charge is 0.271 e. The highest BCUT2D eigenvalue weighted by atomic mass is 35.5. The van der Waals surface area contributed by atoms with Crippen LogP contribution in [-0.2, 0) is 0 Å². The summed E-state index contributed by atoms with van der Waals surface area (Å²) in [5.41, 5.74) is 2.60. The summed E-state index contributed by atoms with van der Waals surface area (Å²) in [6.07, 6.45) is 5.71. The molecule has 0 bridgehead atoms. The summed E-state index contributed by atoms with van der Waals surface area (Å²) in [6.45, 7) is 4.17. The van der Waals surface area contributed by atoms with Crippen LogP contribution in [-0.4, -0.2) is 16.9 Å². The number of nitrogens with two attached hydrogens (primary N) is 1. The van der Waals surface area contributed by atoms with Crippen LogP contribution in [0.2, 0.25) is 5.02 Å². The van der Waals surface area contributed by atoms with Crippen LogP contribution < -0.4 is 16.6 Å². The summed E-state index contributed by atoms with van der Waals surface area (Å²) < 4.78 is 0. The summed E-state index contributed by atoms with van der Waals surface area (Å²) >= 11 is 5.99. The minimum absolute atomic E-state index is 0.103. The number of nitrogen functional groups attached to an aromatic ring is 1. The second-order valence-electron chi connectivity index (χ2n) is 4.90. The molecule has 1 aromatic rings. The minimum Gasteiger partial charge on any atom is -0.348 e. The Morgan fingerprint density at radius 1 is 1.40 bits per heavy atom. The second kappa shape index (κ2) is 8.76. The molecule has 0 saturated heterocycles. The Kier molecular flexibility index (Phi) is 7.33. The van der Waals surface area contributed by atoms with Crippen molar-refractivity contribution in [2.24, 2.45) is 5.84 Å². The highest BCUT2D eigenvalue weighted by Crippen LogP contribution is 2.16. The summed E-state index contributed by atoms with van der Waals surface area (Å²) in [5, 5.41) is 3.23. The predicted molar refractivity (Wildman–Crippen MR) is 82.7 cm³/mol. The van der Waals surface area contributed by atoms with Crippen LogP contribution in [0.1, 0.15) is 56.4 Å². The minimum atomic E-state index is -0.268. The number of anilines is 1. The maximum Gasteiger partial charge on any atom is 0.271 e. The van der Waals surface area contributed by atoms with Gasteiger partial charge in [0.1, 0.15) is 11.5 Å². The van der Waals surface area contributed by atoms with Crippen LogP contribution in [0.4, 0.5) is 5.82 Å². The molecule has 112 valence electrons. The molecular weight excluding hydrogens is 276 g/mol. The van der Waals surface area contributed by atoms with Gasteiger partial charge in [-0.15, -0.1) is 0 Å². The van der Waals surface area contributed by atoms with Crippen LogP contribution in [0.5, 0.6) is 0 Å². The lowest BCUT2D eigenvalue weighted by Crippen LogP contribution is -2.33. The maximum absolute atomic E-state index is 12.1. The van der Waals surface area contributed by atoms with Crippen molar-refractivity contribution in [3.8, 4) is 0 Å². The fourth-order valence-electron chi connectivity index (χ4n) is 1.92. The van der Waals surface area contributed by atoms with Gasteiger partial charge in [0.15, 0.2) is 0 Å². The molecule has 6 heteroatoms. The van der Waals surface area contributed by atoms with E-state index in [9.17, 15) is 4.79 Å². The molecule has 1 aromatic heterocycles.